The van der Waals surface area contributed by atoms with Crippen LogP contribution in [0.2, 0.25) is 15.1 Å². The van der Waals surface area contributed by atoms with Crippen molar-refractivity contribution in [3.63, 3.8) is 0 Å². The monoisotopic (exact) mass is 485 g/mol. The summed E-state index contributed by atoms with van der Waals surface area (Å²) in [6.45, 7) is 0. The minimum atomic E-state index is -4.78. The van der Waals surface area contributed by atoms with Crippen molar-refractivity contribution in [1.29, 1.82) is 0 Å². The van der Waals surface area contributed by atoms with Crippen molar-refractivity contribution in [1.82, 2.24) is 19.6 Å². The molecule has 0 saturated heterocycles. The van der Waals surface area contributed by atoms with Crippen LogP contribution in [0.25, 0.3) is 17.0 Å². The lowest BCUT2D eigenvalue weighted by atomic mass is 10.1. The zero-order valence-corrected chi connectivity index (χ0v) is 17.4. The van der Waals surface area contributed by atoms with Crippen molar-refractivity contribution in [3.05, 3.63) is 75.1 Å². The number of carbonyl (C=O) groups excluding carboxylic acids is 1. The third kappa shape index (κ3) is 4.30. The van der Waals surface area contributed by atoms with Crippen LogP contribution in [0, 0.1) is 0 Å². The maximum Gasteiger partial charge on any atom is 0.433 e. The molecular formula is C19H9Cl3F3N5O. The van der Waals surface area contributed by atoms with E-state index >= 15 is 0 Å². The van der Waals surface area contributed by atoms with E-state index in [9.17, 15) is 18.0 Å². The molecule has 0 saturated carbocycles. The average Bonchev–Trinajstić information content (AvgIpc) is 3.14. The quantitative estimate of drug-likeness (QED) is 0.384. The van der Waals surface area contributed by atoms with Crippen LogP contribution in [0.15, 0.2) is 48.5 Å². The van der Waals surface area contributed by atoms with Crippen LogP contribution in [0.3, 0.4) is 0 Å². The van der Waals surface area contributed by atoms with Crippen molar-refractivity contribution in [2.45, 2.75) is 6.18 Å². The summed E-state index contributed by atoms with van der Waals surface area (Å²) in [5.74, 6) is -1.81. The Bertz CT molecular complexity index is 1310. The molecule has 4 aromatic rings. The van der Waals surface area contributed by atoms with Gasteiger partial charge in [0.15, 0.2) is 5.69 Å². The fourth-order valence-electron chi connectivity index (χ4n) is 2.71. The number of fused-ring (bicyclic) bond motifs is 1. The Morgan fingerprint density at radius 2 is 1.71 bits per heavy atom. The molecule has 2 heterocycles. The molecule has 2 aromatic heterocycles. The molecule has 158 valence electrons. The normalized spacial score (nSPS) is 11.7. The number of aromatic nitrogens is 4. The number of benzene rings is 2. The molecule has 4 rings (SSSR count). The summed E-state index contributed by atoms with van der Waals surface area (Å²) in [6.07, 6.45) is -4.78. The Morgan fingerprint density at radius 1 is 1.00 bits per heavy atom. The highest BCUT2D eigenvalue weighted by molar-refractivity contribution is 6.44. The first-order valence-corrected chi connectivity index (χ1v) is 9.63. The van der Waals surface area contributed by atoms with E-state index in [2.05, 4.69) is 20.4 Å². The van der Waals surface area contributed by atoms with Gasteiger partial charge in [0.2, 0.25) is 5.82 Å². The van der Waals surface area contributed by atoms with E-state index in [1.807, 2.05) is 0 Å². The average molecular weight is 487 g/mol. The van der Waals surface area contributed by atoms with Gasteiger partial charge in [-0.05, 0) is 30.3 Å². The van der Waals surface area contributed by atoms with Gasteiger partial charge in [0, 0.05) is 10.6 Å². The summed E-state index contributed by atoms with van der Waals surface area (Å²) < 4.78 is 41.5. The number of rotatable bonds is 3. The van der Waals surface area contributed by atoms with E-state index < -0.39 is 29.4 Å². The molecule has 1 N–H and O–H groups in total. The van der Waals surface area contributed by atoms with E-state index in [-0.39, 0.29) is 21.4 Å². The summed E-state index contributed by atoms with van der Waals surface area (Å²) in [4.78, 5) is 20.5. The topological polar surface area (TPSA) is 72.2 Å². The van der Waals surface area contributed by atoms with Gasteiger partial charge in [-0.25, -0.2) is 4.98 Å². The van der Waals surface area contributed by atoms with Crippen molar-refractivity contribution in [3.8, 4) is 11.3 Å². The largest absolute Gasteiger partial charge is 0.433 e. The first kappa shape index (κ1) is 21.4. The number of nitrogens with one attached hydrogen (secondary N) is 1. The first-order valence-electron chi connectivity index (χ1n) is 8.50. The summed E-state index contributed by atoms with van der Waals surface area (Å²) in [5.41, 5.74) is -0.607. The lowest BCUT2D eigenvalue weighted by molar-refractivity contribution is -0.142. The van der Waals surface area contributed by atoms with Gasteiger partial charge in [0.1, 0.15) is 0 Å². The molecule has 31 heavy (non-hydrogen) atoms. The highest BCUT2D eigenvalue weighted by atomic mass is 35.5. The molecule has 0 aliphatic carbocycles. The molecule has 0 aliphatic heterocycles. The lowest BCUT2D eigenvalue weighted by Gasteiger charge is -2.10. The van der Waals surface area contributed by atoms with Gasteiger partial charge in [-0.3, -0.25) is 4.79 Å². The number of hydrogen-bond acceptors (Lipinski definition) is 4. The summed E-state index contributed by atoms with van der Waals surface area (Å²) >= 11 is 17.8. The summed E-state index contributed by atoms with van der Waals surface area (Å²) in [7, 11) is 0. The summed E-state index contributed by atoms with van der Waals surface area (Å²) in [6, 6.07) is 11.4. The van der Waals surface area contributed by atoms with Gasteiger partial charge in [-0.15, -0.1) is 5.10 Å². The third-order valence-corrected chi connectivity index (χ3v) is 5.22. The number of hydrogen-bond donors (Lipinski definition) is 1. The second kappa shape index (κ2) is 7.99. The van der Waals surface area contributed by atoms with Crippen LogP contribution in [0.1, 0.15) is 16.3 Å². The first-order chi connectivity index (χ1) is 14.6. The molecule has 0 spiro atoms. The van der Waals surface area contributed by atoms with Gasteiger partial charge in [0.25, 0.3) is 11.7 Å². The fraction of sp³-hybridized carbons (Fsp3) is 0.0526. The minimum Gasteiger partial charge on any atom is -0.318 e. The van der Waals surface area contributed by atoms with Gasteiger partial charge >= 0.3 is 6.18 Å². The SMILES string of the molecule is O=C(Nc1cccc(Cl)c1Cl)c1nc2nc(-c3ccc(Cl)cc3)cc(C(F)(F)F)n2n1. The number of nitrogens with zero attached hydrogens (tertiary/aromatic N) is 4. The van der Waals surface area contributed by atoms with Crippen molar-refractivity contribution < 1.29 is 18.0 Å². The molecule has 12 heteroatoms. The number of amides is 1. The molecule has 2 aromatic carbocycles. The van der Waals surface area contributed by atoms with Crippen LogP contribution in [0.4, 0.5) is 18.9 Å². The maximum atomic E-state index is 13.7. The van der Waals surface area contributed by atoms with Crippen LogP contribution in [-0.2, 0) is 6.18 Å². The zero-order valence-electron chi connectivity index (χ0n) is 15.1. The van der Waals surface area contributed by atoms with Gasteiger partial charge in [-0.1, -0.05) is 53.0 Å². The minimum absolute atomic E-state index is 0.00580. The predicted molar refractivity (Wildman–Crippen MR) is 111 cm³/mol. The number of anilines is 1. The predicted octanol–water partition coefficient (Wildman–Crippen LogP) is 6.02. The molecular weight excluding hydrogens is 478 g/mol. The van der Waals surface area contributed by atoms with E-state index in [1.165, 1.54) is 36.4 Å². The van der Waals surface area contributed by atoms with Gasteiger partial charge in [0.05, 0.1) is 21.4 Å². The van der Waals surface area contributed by atoms with E-state index in [4.69, 9.17) is 34.8 Å². The van der Waals surface area contributed by atoms with Crippen LogP contribution in [0.5, 0.6) is 0 Å². The Labute approximate surface area is 187 Å². The van der Waals surface area contributed by atoms with Gasteiger partial charge < -0.3 is 5.32 Å². The second-order valence-electron chi connectivity index (χ2n) is 6.23. The fourth-order valence-corrected chi connectivity index (χ4v) is 3.19. The molecule has 0 unspecified atom stereocenters. The lowest BCUT2D eigenvalue weighted by Crippen LogP contribution is -2.16. The molecule has 6 nitrogen and oxygen atoms in total. The van der Waals surface area contributed by atoms with Crippen LogP contribution in [-0.4, -0.2) is 25.5 Å². The van der Waals surface area contributed by atoms with Crippen LogP contribution < -0.4 is 5.32 Å². The molecule has 0 bridgehead atoms. The third-order valence-electron chi connectivity index (χ3n) is 4.15. The second-order valence-corrected chi connectivity index (χ2v) is 7.46. The maximum absolute atomic E-state index is 13.7. The Morgan fingerprint density at radius 3 is 2.39 bits per heavy atom. The highest BCUT2D eigenvalue weighted by Crippen LogP contribution is 2.33. The number of carbonyl (C=O) groups is 1. The highest BCUT2D eigenvalue weighted by Gasteiger charge is 2.36. The smallest absolute Gasteiger partial charge is 0.318 e. The van der Waals surface area contributed by atoms with E-state index in [0.29, 0.717) is 15.1 Å². The molecule has 0 fully saturated rings. The zero-order chi connectivity index (χ0) is 22.3. The molecule has 0 atom stereocenters. The molecule has 1 amide bonds. The van der Waals surface area contributed by atoms with Crippen molar-refractivity contribution >= 4 is 52.2 Å². The van der Waals surface area contributed by atoms with E-state index in [0.717, 1.165) is 6.07 Å². The number of alkyl halides is 3. The standard InChI is InChI=1S/C19H9Cl3F3N5O/c20-10-6-4-9(5-7-10)13-8-14(19(23,24)25)30-18(27-13)28-16(29-30)17(31)26-12-3-1-2-11(21)15(12)22/h1-8H,(H,26,31). The number of halogens is 6. The van der Waals surface area contributed by atoms with Crippen LogP contribution >= 0.6 is 34.8 Å². The Hall–Kier alpha value is -2.88. The molecule has 0 aliphatic rings. The Balaban J connectivity index is 1.79. The van der Waals surface area contributed by atoms with Gasteiger partial charge in [-0.2, -0.15) is 22.7 Å². The van der Waals surface area contributed by atoms with Crippen molar-refractivity contribution in [2.75, 3.05) is 5.32 Å². The summed E-state index contributed by atoms with van der Waals surface area (Å²) in [5, 5.41) is 6.79. The van der Waals surface area contributed by atoms with Crippen molar-refractivity contribution in [2.24, 2.45) is 0 Å². The van der Waals surface area contributed by atoms with E-state index in [1.54, 1.807) is 6.07 Å². The Kier molecular flexibility index (Phi) is 5.50. The molecule has 0 radical (unpaired) electrons.